The first-order chi connectivity index (χ1) is 12.7. The zero-order valence-electron chi connectivity index (χ0n) is 15.6. The van der Waals surface area contributed by atoms with Gasteiger partial charge in [-0.3, -0.25) is 4.90 Å². The molecule has 0 bridgehead atoms. The van der Waals surface area contributed by atoms with Crippen LogP contribution in [0.25, 0.3) is 0 Å². The van der Waals surface area contributed by atoms with Crippen LogP contribution in [0.15, 0.2) is 40.9 Å². The number of hydrogen-bond acceptors (Lipinski definition) is 2. The molecule has 2 aromatic rings. The highest BCUT2D eigenvalue weighted by atomic mass is 79.9. The van der Waals surface area contributed by atoms with E-state index < -0.39 is 17.7 Å². The Labute approximate surface area is 166 Å². The topological polar surface area (TPSA) is 29.5 Å². The second-order valence-corrected chi connectivity index (χ2v) is 8.67. The fourth-order valence-corrected chi connectivity index (χ4v) is 3.96. The molecule has 1 unspecified atom stereocenters. The molecule has 6 heteroatoms. The van der Waals surface area contributed by atoms with E-state index in [9.17, 15) is 13.6 Å². The van der Waals surface area contributed by atoms with E-state index >= 15 is 0 Å². The molecule has 0 saturated heterocycles. The van der Waals surface area contributed by atoms with E-state index in [-0.39, 0.29) is 33.8 Å². The zero-order chi connectivity index (χ0) is 19.8. The lowest BCUT2D eigenvalue weighted by Gasteiger charge is -2.43. The first kappa shape index (κ1) is 19.8. The van der Waals surface area contributed by atoms with Crippen LogP contribution >= 0.6 is 15.9 Å². The molecule has 27 heavy (non-hydrogen) atoms. The van der Waals surface area contributed by atoms with Gasteiger partial charge in [-0.15, -0.1) is 0 Å². The average Bonchev–Trinajstić information content (AvgIpc) is 2.63. The summed E-state index contributed by atoms with van der Waals surface area (Å²) in [6, 6.07) is 10.0. The monoisotopic (exact) mass is 437 g/mol. The Morgan fingerprint density at radius 1 is 1.26 bits per heavy atom. The highest BCUT2D eigenvalue weighted by Crippen LogP contribution is 2.42. The van der Waals surface area contributed by atoms with Crippen molar-refractivity contribution < 1.29 is 18.3 Å². The van der Waals surface area contributed by atoms with Gasteiger partial charge in [-0.25, -0.2) is 13.6 Å². The lowest BCUT2D eigenvalue weighted by atomic mass is 9.79. The number of fused-ring (bicyclic) bond motifs is 1. The van der Waals surface area contributed by atoms with Crippen molar-refractivity contribution in [3.63, 3.8) is 0 Å². The Hall–Kier alpha value is -1.95. The molecule has 0 N–H and O–H groups in total. The minimum Gasteiger partial charge on any atom is -0.444 e. The van der Waals surface area contributed by atoms with Crippen LogP contribution in [0.2, 0.25) is 0 Å². The van der Waals surface area contributed by atoms with E-state index in [1.54, 1.807) is 0 Å². The zero-order valence-corrected chi connectivity index (χ0v) is 17.1. The van der Waals surface area contributed by atoms with Crippen molar-refractivity contribution in [3.05, 3.63) is 63.6 Å². The van der Waals surface area contributed by atoms with Crippen molar-refractivity contribution in [2.45, 2.75) is 46.3 Å². The van der Waals surface area contributed by atoms with Crippen LogP contribution < -0.4 is 4.90 Å². The molecule has 0 saturated carbocycles. The van der Waals surface area contributed by atoms with Crippen molar-refractivity contribution >= 4 is 27.7 Å². The van der Waals surface area contributed by atoms with Gasteiger partial charge in [-0.2, -0.15) is 0 Å². The molecular formula is C21H22BrF2NO2. The number of hydrogen-bond donors (Lipinski definition) is 0. The third-order valence-electron chi connectivity index (χ3n) is 4.86. The van der Waals surface area contributed by atoms with Crippen LogP contribution in [0.5, 0.6) is 0 Å². The largest absolute Gasteiger partial charge is 0.444 e. The summed E-state index contributed by atoms with van der Waals surface area (Å²) in [6.07, 6.45) is 0.228. The molecule has 1 aliphatic heterocycles. The minimum atomic E-state index is -0.666. The second-order valence-electron chi connectivity index (χ2n) is 7.81. The number of amides is 1. The molecule has 0 aromatic heterocycles. The Kier molecular flexibility index (Phi) is 5.56. The predicted molar refractivity (Wildman–Crippen MR) is 105 cm³/mol. The fraction of sp³-hybridized carbons (Fsp3) is 0.381. The molecular weight excluding hydrogens is 416 g/mol. The molecule has 1 atom stereocenters. The van der Waals surface area contributed by atoms with Gasteiger partial charge in [0.25, 0.3) is 0 Å². The Balaban J connectivity index is 1.98. The molecule has 0 radical (unpaired) electrons. The number of halogens is 3. The van der Waals surface area contributed by atoms with Crippen molar-refractivity contribution in [2.75, 3.05) is 4.90 Å². The third-order valence-corrected chi connectivity index (χ3v) is 5.44. The third kappa shape index (κ3) is 4.00. The van der Waals surface area contributed by atoms with E-state index in [0.717, 1.165) is 11.6 Å². The van der Waals surface area contributed by atoms with Crippen LogP contribution in [0.3, 0.4) is 0 Å². The molecule has 0 fully saturated rings. The van der Waals surface area contributed by atoms with Crippen molar-refractivity contribution in [1.82, 2.24) is 0 Å². The first-order valence-electron chi connectivity index (χ1n) is 8.86. The number of anilines is 1. The van der Waals surface area contributed by atoms with Gasteiger partial charge >= 0.3 is 6.09 Å². The Morgan fingerprint density at radius 3 is 2.56 bits per heavy atom. The van der Waals surface area contributed by atoms with Crippen LogP contribution in [0.4, 0.5) is 19.3 Å². The van der Waals surface area contributed by atoms with Gasteiger partial charge in [-0.1, -0.05) is 51.1 Å². The van der Waals surface area contributed by atoms with E-state index in [1.807, 2.05) is 51.1 Å². The summed E-state index contributed by atoms with van der Waals surface area (Å²) in [5.41, 5.74) is 0.705. The number of carbonyl (C=O) groups is 1. The highest BCUT2D eigenvalue weighted by Gasteiger charge is 2.41. The van der Waals surface area contributed by atoms with E-state index in [0.29, 0.717) is 12.8 Å². The lowest BCUT2D eigenvalue weighted by Crippen LogP contribution is -2.51. The SMILES string of the molecule is CC(C)(C)C1CCc2c(F)c(Br)cc(F)c2N1C(=O)OCc1ccccc1. The number of ether oxygens (including phenoxy) is 1. The molecule has 2 aromatic carbocycles. The summed E-state index contributed by atoms with van der Waals surface area (Å²) in [6.45, 7) is 6.01. The Bertz CT molecular complexity index is 849. The maximum Gasteiger partial charge on any atom is 0.415 e. The van der Waals surface area contributed by atoms with Gasteiger partial charge in [0, 0.05) is 11.6 Å². The minimum absolute atomic E-state index is 0.0139. The van der Waals surface area contributed by atoms with Crippen LogP contribution in [0.1, 0.15) is 38.3 Å². The maximum absolute atomic E-state index is 14.8. The fourth-order valence-electron chi connectivity index (χ4n) is 3.52. The molecule has 144 valence electrons. The van der Waals surface area contributed by atoms with Gasteiger partial charge in [0.05, 0.1) is 10.2 Å². The van der Waals surface area contributed by atoms with Gasteiger partial charge in [0.2, 0.25) is 0 Å². The van der Waals surface area contributed by atoms with Crippen molar-refractivity contribution in [2.24, 2.45) is 5.41 Å². The van der Waals surface area contributed by atoms with Crippen molar-refractivity contribution in [3.8, 4) is 0 Å². The molecule has 3 rings (SSSR count). The first-order valence-corrected chi connectivity index (χ1v) is 9.65. The van der Waals surface area contributed by atoms with E-state index in [1.165, 1.54) is 4.90 Å². The maximum atomic E-state index is 14.8. The van der Waals surface area contributed by atoms with Gasteiger partial charge in [0.15, 0.2) is 0 Å². The van der Waals surface area contributed by atoms with E-state index in [4.69, 9.17) is 4.74 Å². The molecule has 1 aliphatic rings. The van der Waals surface area contributed by atoms with E-state index in [2.05, 4.69) is 15.9 Å². The number of nitrogens with zero attached hydrogens (tertiary/aromatic N) is 1. The van der Waals surface area contributed by atoms with Gasteiger partial charge in [-0.05, 0) is 45.8 Å². The van der Waals surface area contributed by atoms with Gasteiger partial charge < -0.3 is 4.74 Å². The number of benzene rings is 2. The van der Waals surface area contributed by atoms with Gasteiger partial charge in [0.1, 0.15) is 18.2 Å². The summed E-state index contributed by atoms with van der Waals surface area (Å²) < 4.78 is 34.9. The average molecular weight is 438 g/mol. The molecule has 1 heterocycles. The molecule has 3 nitrogen and oxygen atoms in total. The molecule has 0 aliphatic carbocycles. The smallest absolute Gasteiger partial charge is 0.415 e. The molecule has 0 spiro atoms. The number of rotatable bonds is 2. The van der Waals surface area contributed by atoms with Crippen molar-refractivity contribution in [1.29, 1.82) is 0 Å². The summed E-state index contributed by atoms with van der Waals surface area (Å²) in [7, 11) is 0. The summed E-state index contributed by atoms with van der Waals surface area (Å²) in [4.78, 5) is 14.2. The lowest BCUT2D eigenvalue weighted by molar-refractivity contribution is 0.135. The summed E-state index contributed by atoms with van der Waals surface area (Å²) in [5.74, 6) is -1.16. The second kappa shape index (κ2) is 7.58. The van der Waals surface area contributed by atoms with Crippen LogP contribution in [-0.4, -0.2) is 12.1 Å². The molecule has 1 amide bonds. The highest BCUT2D eigenvalue weighted by molar-refractivity contribution is 9.10. The quantitative estimate of drug-likeness (QED) is 0.520. The van der Waals surface area contributed by atoms with Crippen LogP contribution in [0, 0.1) is 17.0 Å². The summed E-state index contributed by atoms with van der Waals surface area (Å²) >= 11 is 3.05. The normalized spacial score (nSPS) is 16.8. The number of carbonyl (C=O) groups excluding carboxylic acids is 1. The Morgan fingerprint density at radius 2 is 1.93 bits per heavy atom. The summed E-state index contributed by atoms with van der Waals surface area (Å²) in [5, 5.41) is 0. The van der Waals surface area contributed by atoms with Crippen LogP contribution in [-0.2, 0) is 17.8 Å². The predicted octanol–water partition coefficient (Wildman–Crippen LogP) is 6.23. The standard InChI is InChI=1S/C21H22BrF2NO2/c1-21(2,3)17-10-9-14-18(24)15(22)11-16(23)19(14)25(17)20(26)27-12-13-7-5-4-6-8-13/h4-8,11,17H,9-10,12H2,1-3H3.